The van der Waals surface area contributed by atoms with Crippen LogP contribution in [0.4, 0.5) is 8.78 Å². The summed E-state index contributed by atoms with van der Waals surface area (Å²) in [7, 11) is 1.58. The Morgan fingerprint density at radius 3 is 2.24 bits per heavy atom. The SMILES string of the molecule is COc1ccc([C@H](CO)NCc2cc(F)cc(F)c2)cc1. The predicted molar refractivity (Wildman–Crippen MR) is 76.0 cm³/mol. The molecule has 0 amide bonds. The molecule has 0 aliphatic rings. The molecule has 3 nitrogen and oxygen atoms in total. The molecule has 0 heterocycles. The number of nitrogens with one attached hydrogen (secondary N) is 1. The lowest BCUT2D eigenvalue weighted by atomic mass is 10.1. The topological polar surface area (TPSA) is 41.5 Å². The Kier molecular flexibility index (Phi) is 5.25. The maximum absolute atomic E-state index is 13.1. The fourth-order valence-electron chi connectivity index (χ4n) is 2.08. The van der Waals surface area contributed by atoms with Gasteiger partial charge in [-0.1, -0.05) is 12.1 Å². The summed E-state index contributed by atoms with van der Waals surface area (Å²) < 4.78 is 31.3. The van der Waals surface area contributed by atoms with Crippen LogP contribution in [0, 0.1) is 11.6 Å². The van der Waals surface area contributed by atoms with Gasteiger partial charge in [-0.05, 0) is 35.4 Å². The maximum Gasteiger partial charge on any atom is 0.126 e. The number of benzene rings is 2. The molecule has 0 fully saturated rings. The van der Waals surface area contributed by atoms with Gasteiger partial charge in [-0.2, -0.15) is 0 Å². The Labute approximate surface area is 122 Å². The first-order valence-electron chi connectivity index (χ1n) is 6.55. The number of methoxy groups -OCH3 is 1. The van der Waals surface area contributed by atoms with E-state index >= 15 is 0 Å². The van der Waals surface area contributed by atoms with Crippen LogP contribution in [0.1, 0.15) is 17.2 Å². The van der Waals surface area contributed by atoms with Crippen molar-refractivity contribution in [1.82, 2.24) is 5.32 Å². The average molecular weight is 293 g/mol. The van der Waals surface area contributed by atoms with Crippen molar-refractivity contribution in [2.75, 3.05) is 13.7 Å². The Morgan fingerprint density at radius 1 is 1.10 bits per heavy atom. The molecule has 0 aliphatic heterocycles. The molecule has 0 aromatic heterocycles. The second kappa shape index (κ2) is 7.15. The Balaban J connectivity index is 2.04. The fourth-order valence-corrected chi connectivity index (χ4v) is 2.08. The zero-order chi connectivity index (χ0) is 15.2. The molecule has 0 saturated carbocycles. The standard InChI is InChI=1S/C16H17F2NO2/c1-21-15-4-2-12(3-5-15)16(10-20)19-9-11-6-13(17)8-14(18)7-11/h2-8,16,19-20H,9-10H2,1H3/t16-/m0/s1. The minimum atomic E-state index is -0.614. The van der Waals surface area contributed by atoms with Gasteiger partial charge >= 0.3 is 0 Å². The molecular formula is C16H17F2NO2. The minimum absolute atomic E-state index is 0.121. The van der Waals surface area contributed by atoms with Gasteiger partial charge in [-0.3, -0.25) is 0 Å². The molecule has 1 atom stereocenters. The molecule has 2 aromatic rings. The number of ether oxygens (including phenoxy) is 1. The van der Waals surface area contributed by atoms with Crippen LogP contribution >= 0.6 is 0 Å². The Morgan fingerprint density at radius 2 is 1.71 bits per heavy atom. The number of aliphatic hydroxyl groups excluding tert-OH is 1. The van der Waals surface area contributed by atoms with Gasteiger partial charge in [0.05, 0.1) is 19.8 Å². The molecule has 2 rings (SSSR count). The summed E-state index contributed by atoms with van der Waals surface area (Å²) in [6.07, 6.45) is 0. The summed E-state index contributed by atoms with van der Waals surface area (Å²) in [5.74, 6) is -0.503. The fraction of sp³-hybridized carbons (Fsp3) is 0.250. The summed E-state index contributed by atoms with van der Waals surface area (Å²) in [5, 5.41) is 12.5. The molecule has 2 N–H and O–H groups in total. The first-order chi connectivity index (χ1) is 10.1. The van der Waals surface area contributed by atoms with Gasteiger partial charge < -0.3 is 15.2 Å². The van der Waals surface area contributed by atoms with Crippen LogP contribution in [0.15, 0.2) is 42.5 Å². The van der Waals surface area contributed by atoms with Crippen LogP contribution in [0.2, 0.25) is 0 Å². The van der Waals surface area contributed by atoms with Crippen LogP contribution in [0.3, 0.4) is 0 Å². The zero-order valence-corrected chi connectivity index (χ0v) is 11.6. The van der Waals surface area contributed by atoms with Crippen LogP contribution in [-0.2, 0) is 6.54 Å². The van der Waals surface area contributed by atoms with E-state index < -0.39 is 11.6 Å². The van der Waals surface area contributed by atoms with E-state index in [-0.39, 0.29) is 19.2 Å². The highest BCUT2D eigenvalue weighted by Crippen LogP contribution is 2.18. The third-order valence-electron chi connectivity index (χ3n) is 3.18. The Bertz CT molecular complexity index is 567. The van der Waals surface area contributed by atoms with Crippen molar-refractivity contribution in [1.29, 1.82) is 0 Å². The third-order valence-corrected chi connectivity index (χ3v) is 3.18. The summed E-state index contributed by atoms with van der Waals surface area (Å²) in [6, 6.07) is 10.3. The lowest BCUT2D eigenvalue weighted by molar-refractivity contribution is 0.243. The number of halogens is 2. The first kappa shape index (κ1) is 15.4. The molecule has 0 aliphatic carbocycles. The van der Waals surface area contributed by atoms with Crippen molar-refractivity contribution in [3.63, 3.8) is 0 Å². The molecule has 21 heavy (non-hydrogen) atoms. The van der Waals surface area contributed by atoms with E-state index in [0.717, 1.165) is 17.4 Å². The summed E-state index contributed by atoms with van der Waals surface area (Å²) in [4.78, 5) is 0. The second-order valence-electron chi connectivity index (χ2n) is 4.67. The van der Waals surface area contributed by atoms with Gasteiger partial charge in [0.1, 0.15) is 17.4 Å². The number of hydrogen-bond donors (Lipinski definition) is 2. The summed E-state index contributed by atoms with van der Waals surface area (Å²) >= 11 is 0. The van der Waals surface area contributed by atoms with E-state index in [9.17, 15) is 13.9 Å². The molecule has 2 aromatic carbocycles. The van der Waals surface area contributed by atoms with Crippen molar-refractivity contribution in [2.45, 2.75) is 12.6 Å². The minimum Gasteiger partial charge on any atom is -0.497 e. The lowest BCUT2D eigenvalue weighted by Gasteiger charge is -2.17. The van der Waals surface area contributed by atoms with Gasteiger partial charge in [0.25, 0.3) is 0 Å². The molecular weight excluding hydrogens is 276 g/mol. The van der Waals surface area contributed by atoms with Crippen LogP contribution in [0.5, 0.6) is 5.75 Å². The van der Waals surface area contributed by atoms with Crippen LogP contribution < -0.4 is 10.1 Å². The first-order valence-corrected chi connectivity index (χ1v) is 6.55. The monoisotopic (exact) mass is 293 g/mol. The molecule has 0 spiro atoms. The highest BCUT2D eigenvalue weighted by Gasteiger charge is 2.10. The van der Waals surface area contributed by atoms with Crippen molar-refractivity contribution in [3.05, 3.63) is 65.2 Å². The van der Waals surface area contributed by atoms with Gasteiger partial charge in [0, 0.05) is 12.6 Å². The van der Waals surface area contributed by atoms with Crippen molar-refractivity contribution >= 4 is 0 Å². The Hall–Kier alpha value is -1.98. The van der Waals surface area contributed by atoms with E-state index in [1.165, 1.54) is 12.1 Å². The largest absolute Gasteiger partial charge is 0.497 e. The predicted octanol–water partition coefficient (Wildman–Crippen LogP) is 2.80. The number of rotatable bonds is 6. The third kappa shape index (κ3) is 4.24. The normalized spacial score (nSPS) is 12.2. The average Bonchev–Trinajstić information content (AvgIpc) is 2.47. The summed E-state index contributed by atoms with van der Waals surface area (Å²) in [5.41, 5.74) is 1.36. The van der Waals surface area contributed by atoms with Gasteiger partial charge in [-0.25, -0.2) is 8.78 Å². The van der Waals surface area contributed by atoms with Crippen LogP contribution in [0.25, 0.3) is 0 Å². The number of hydrogen-bond acceptors (Lipinski definition) is 3. The highest BCUT2D eigenvalue weighted by atomic mass is 19.1. The van der Waals surface area contributed by atoms with Crippen LogP contribution in [-0.4, -0.2) is 18.8 Å². The molecule has 0 radical (unpaired) electrons. The molecule has 0 unspecified atom stereocenters. The van der Waals surface area contributed by atoms with Gasteiger partial charge in [-0.15, -0.1) is 0 Å². The summed E-state index contributed by atoms with van der Waals surface area (Å²) in [6.45, 7) is 0.135. The van der Waals surface area contributed by atoms with Crippen molar-refractivity contribution in [2.24, 2.45) is 0 Å². The van der Waals surface area contributed by atoms with Gasteiger partial charge in [0.15, 0.2) is 0 Å². The van der Waals surface area contributed by atoms with E-state index in [1.54, 1.807) is 19.2 Å². The van der Waals surface area contributed by atoms with Gasteiger partial charge in [0.2, 0.25) is 0 Å². The van der Waals surface area contributed by atoms with Crippen molar-refractivity contribution in [3.8, 4) is 5.75 Å². The quantitative estimate of drug-likeness (QED) is 0.860. The second-order valence-corrected chi connectivity index (χ2v) is 4.67. The zero-order valence-electron chi connectivity index (χ0n) is 11.6. The molecule has 5 heteroatoms. The molecule has 0 saturated heterocycles. The van der Waals surface area contributed by atoms with E-state index in [2.05, 4.69) is 5.32 Å². The lowest BCUT2D eigenvalue weighted by Crippen LogP contribution is -2.24. The van der Waals surface area contributed by atoms with E-state index in [0.29, 0.717) is 5.56 Å². The molecule has 112 valence electrons. The van der Waals surface area contributed by atoms with E-state index in [4.69, 9.17) is 4.74 Å². The van der Waals surface area contributed by atoms with E-state index in [1.807, 2.05) is 12.1 Å². The highest BCUT2D eigenvalue weighted by molar-refractivity contribution is 5.29. The smallest absolute Gasteiger partial charge is 0.126 e. The molecule has 0 bridgehead atoms. The van der Waals surface area contributed by atoms with Crippen molar-refractivity contribution < 1.29 is 18.6 Å². The maximum atomic E-state index is 13.1. The number of aliphatic hydroxyl groups is 1.